The van der Waals surface area contributed by atoms with Crippen LogP contribution in [-0.2, 0) is 17.4 Å². The normalized spacial score (nSPS) is 11.6. The lowest BCUT2D eigenvalue weighted by molar-refractivity contribution is -0.137. The van der Waals surface area contributed by atoms with Gasteiger partial charge < -0.3 is 4.98 Å². The van der Waals surface area contributed by atoms with E-state index in [0.717, 1.165) is 23.2 Å². The molecule has 0 saturated carbocycles. The van der Waals surface area contributed by atoms with Gasteiger partial charge in [-0.1, -0.05) is 24.3 Å². The van der Waals surface area contributed by atoms with Crippen LogP contribution in [0.15, 0.2) is 48.5 Å². The van der Waals surface area contributed by atoms with Crippen molar-refractivity contribution >= 4 is 22.9 Å². The number of carbonyl (C=O) groups is 1. The molecule has 0 radical (unpaired) electrons. The summed E-state index contributed by atoms with van der Waals surface area (Å²) in [5.41, 5.74) is 1.26. The highest BCUT2D eigenvalue weighted by Crippen LogP contribution is 2.29. The molecule has 0 aliphatic carbocycles. The van der Waals surface area contributed by atoms with E-state index in [1.54, 1.807) is 6.07 Å². The van der Waals surface area contributed by atoms with Gasteiger partial charge in [0.1, 0.15) is 0 Å². The van der Waals surface area contributed by atoms with Crippen LogP contribution in [0.2, 0.25) is 0 Å². The molecule has 0 aliphatic rings. The highest BCUT2D eigenvalue weighted by molar-refractivity contribution is 5.92. The molecule has 1 heterocycles. The van der Waals surface area contributed by atoms with Crippen LogP contribution < -0.4 is 5.32 Å². The van der Waals surface area contributed by atoms with Crippen molar-refractivity contribution in [2.24, 2.45) is 0 Å². The number of alkyl halides is 3. The van der Waals surface area contributed by atoms with Crippen molar-refractivity contribution in [2.75, 3.05) is 5.32 Å². The number of aromatic amines is 1. The zero-order chi connectivity index (χ0) is 16.4. The van der Waals surface area contributed by atoms with Crippen LogP contribution in [-0.4, -0.2) is 15.9 Å². The lowest BCUT2D eigenvalue weighted by atomic mass is 10.1. The number of rotatable bonds is 3. The maximum absolute atomic E-state index is 12.5. The monoisotopic (exact) mass is 319 g/mol. The molecule has 23 heavy (non-hydrogen) atoms. The first kappa shape index (κ1) is 15.1. The Morgan fingerprint density at radius 1 is 1.09 bits per heavy atom. The third-order valence-corrected chi connectivity index (χ3v) is 3.29. The van der Waals surface area contributed by atoms with E-state index in [1.807, 2.05) is 18.2 Å². The van der Waals surface area contributed by atoms with Crippen LogP contribution in [0.5, 0.6) is 0 Å². The Morgan fingerprint density at radius 2 is 1.78 bits per heavy atom. The summed E-state index contributed by atoms with van der Waals surface area (Å²) >= 11 is 0. The predicted octanol–water partition coefficient (Wildman–Crippen LogP) is 3.76. The van der Waals surface area contributed by atoms with Gasteiger partial charge in [0, 0.05) is 0 Å². The average molecular weight is 319 g/mol. The summed E-state index contributed by atoms with van der Waals surface area (Å²) < 4.78 is 37.4. The van der Waals surface area contributed by atoms with Crippen LogP contribution in [0.4, 0.5) is 19.1 Å². The summed E-state index contributed by atoms with van der Waals surface area (Å²) in [4.78, 5) is 19.1. The first-order valence-corrected chi connectivity index (χ1v) is 6.82. The van der Waals surface area contributed by atoms with Crippen molar-refractivity contribution in [1.82, 2.24) is 9.97 Å². The molecule has 4 nitrogen and oxygen atoms in total. The maximum atomic E-state index is 12.5. The molecule has 1 amide bonds. The van der Waals surface area contributed by atoms with Crippen molar-refractivity contribution < 1.29 is 18.0 Å². The number of fused-ring (bicyclic) bond motifs is 1. The number of nitrogens with one attached hydrogen (secondary N) is 2. The van der Waals surface area contributed by atoms with Gasteiger partial charge in [0.15, 0.2) is 0 Å². The van der Waals surface area contributed by atoms with E-state index in [9.17, 15) is 18.0 Å². The molecule has 2 N–H and O–H groups in total. The van der Waals surface area contributed by atoms with Gasteiger partial charge in [-0.3, -0.25) is 10.1 Å². The molecule has 0 fully saturated rings. The average Bonchev–Trinajstić information content (AvgIpc) is 2.88. The number of aromatic nitrogens is 2. The second-order valence-corrected chi connectivity index (χ2v) is 5.02. The molecule has 1 aromatic heterocycles. The fourth-order valence-corrected chi connectivity index (χ4v) is 2.19. The van der Waals surface area contributed by atoms with Crippen LogP contribution in [0.1, 0.15) is 11.1 Å². The topological polar surface area (TPSA) is 57.8 Å². The molecule has 0 atom stereocenters. The maximum Gasteiger partial charge on any atom is 0.416 e. The van der Waals surface area contributed by atoms with E-state index in [0.29, 0.717) is 11.5 Å². The number of anilines is 1. The third-order valence-electron chi connectivity index (χ3n) is 3.29. The number of para-hydroxylation sites is 2. The Hall–Kier alpha value is -2.83. The molecule has 7 heteroatoms. The van der Waals surface area contributed by atoms with Crippen molar-refractivity contribution in [3.8, 4) is 0 Å². The lowest BCUT2D eigenvalue weighted by Gasteiger charge is -2.07. The number of benzene rings is 2. The van der Waals surface area contributed by atoms with E-state index in [-0.39, 0.29) is 12.3 Å². The Kier molecular flexibility index (Phi) is 3.77. The highest BCUT2D eigenvalue weighted by atomic mass is 19.4. The quantitative estimate of drug-likeness (QED) is 0.772. The minimum absolute atomic E-state index is 0.0326. The number of carbonyl (C=O) groups excluding carboxylic acids is 1. The van der Waals surface area contributed by atoms with Gasteiger partial charge in [0.05, 0.1) is 23.0 Å². The van der Waals surface area contributed by atoms with E-state index in [1.165, 1.54) is 12.1 Å². The van der Waals surface area contributed by atoms with Gasteiger partial charge in [-0.05, 0) is 29.8 Å². The summed E-state index contributed by atoms with van der Waals surface area (Å²) in [6.07, 6.45) is -4.41. The number of halogens is 3. The largest absolute Gasteiger partial charge is 0.416 e. The standard InChI is InChI=1S/C16H12F3N3O/c17-16(18,19)11-7-5-10(6-8-11)9-14(23)22-15-20-12-3-1-2-4-13(12)21-15/h1-8H,9H2,(H2,20,21,22,23). The van der Waals surface area contributed by atoms with E-state index >= 15 is 0 Å². The van der Waals surface area contributed by atoms with Gasteiger partial charge >= 0.3 is 6.18 Å². The molecular weight excluding hydrogens is 307 g/mol. The van der Waals surface area contributed by atoms with Gasteiger partial charge in [-0.15, -0.1) is 0 Å². The van der Waals surface area contributed by atoms with Gasteiger partial charge in [0.2, 0.25) is 11.9 Å². The second-order valence-electron chi connectivity index (χ2n) is 5.02. The van der Waals surface area contributed by atoms with Crippen molar-refractivity contribution in [1.29, 1.82) is 0 Å². The minimum atomic E-state index is -4.38. The molecule has 0 saturated heterocycles. The lowest BCUT2D eigenvalue weighted by Crippen LogP contribution is -2.15. The second kappa shape index (κ2) is 5.75. The van der Waals surface area contributed by atoms with E-state index < -0.39 is 11.7 Å². The predicted molar refractivity (Wildman–Crippen MR) is 79.9 cm³/mol. The van der Waals surface area contributed by atoms with Crippen molar-refractivity contribution in [3.05, 3.63) is 59.7 Å². The zero-order valence-corrected chi connectivity index (χ0v) is 11.8. The molecule has 3 rings (SSSR count). The van der Waals surface area contributed by atoms with Crippen LogP contribution in [0.3, 0.4) is 0 Å². The summed E-state index contributed by atoms with van der Waals surface area (Å²) in [5.74, 6) is -0.0491. The fraction of sp³-hybridized carbons (Fsp3) is 0.125. The zero-order valence-electron chi connectivity index (χ0n) is 11.8. The summed E-state index contributed by atoms with van der Waals surface area (Å²) in [7, 11) is 0. The Bertz CT molecular complexity index is 805. The number of imidazole rings is 1. The Labute approximate surface area is 129 Å². The summed E-state index contributed by atoms with van der Waals surface area (Å²) in [5, 5.41) is 2.60. The van der Waals surface area contributed by atoms with Crippen LogP contribution in [0.25, 0.3) is 11.0 Å². The molecule has 0 bridgehead atoms. The number of hydrogen-bond donors (Lipinski definition) is 2. The third kappa shape index (κ3) is 3.50. The first-order valence-electron chi connectivity index (χ1n) is 6.82. The number of nitrogens with zero attached hydrogens (tertiary/aromatic N) is 1. The van der Waals surface area contributed by atoms with Crippen molar-refractivity contribution in [2.45, 2.75) is 12.6 Å². The molecule has 0 aliphatic heterocycles. The summed E-state index contributed by atoms with van der Waals surface area (Å²) in [6.45, 7) is 0. The number of amides is 1. The van der Waals surface area contributed by atoms with Gasteiger partial charge in [0.25, 0.3) is 0 Å². The SMILES string of the molecule is O=C(Cc1ccc(C(F)(F)F)cc1)Nc1nc2ccccc2[nH]1. The Balaban J connectivity index is 1.67. The molecule has 118 valence electrons. The fourth-order valence-electron chi connectivity index (χ4n) is 2.19. The Morgan fingerprint density at radius 3 is 2.43 bits per heavy atom. The molecule has 2 aromatic carbocycles. The molecule has 0 spiro atoms. The molecular formula is C16H12F3N3O. The van der Waals surface area contributed by atoms with E-state index in [4.69, 9.17) is 0 Å². The van der Waals surface area contributed by atoms with Gasteiger partial charge in [-0.2, -0.15) is 13.2 Å². The van der Waals surface area contributed by atoms with Crippen LogP contribution in [0, 0.1) is 0 Å². The smallest absolute Gasteiger partial charge is 0.324 e. The number of H-pyrrole nitrogens is 1. The van der Waals surface area contributed by atoms with E-state index in [2.05, 4.69) is 15.3 Å². The van der Waals surface area contributed by atoms with Crippen molar-refractivity contribution in [3.63, 3.8) is 0 Å². The molecule has 3 aromatic rings. The van der Waals surface area contributed by atoms with Gasteiger partial charge in [-0.25, -0.2) is 4.98 Å². The number of hydrogen-bond acceptors (Lipinski definition) is 2. The minimum Gasteiger partial charge on any atom is -0.324 e. The highest BCUT2D eigenvalue weighted by Gasteiger charge is 2.29. The first-order chi connectivity index (χ1) is 10.9. The summed E-state index contributed by atoms with van der Waals surface area (Å²) in [6, 6.07) is 11.8. The van der Waals surface area contributed by atoms with Crippen LogP contribution >= 0.6 is 0 Å². The molecule has 0 unspecified atom stereocenters.